The normalized spacial score (nSPS) is 15.5. The van der Waals surface area contributed by atoms with E-state index in [2.05, 4.69) is 16.0 Å². The highest BCUT2D eigenvalue weighted by Gasteiger charge is 2.45. The molecule has 0 radical (unpaired) electrons. The van der Waals surface area contributed by atoms with Gasteiger partial charge < -0.3 is 34.7 Å². The maximum Gasteiger partial charge on any atom is 0.408 e. The molecule has 246 valence electrons. The SMILES string of the molecule is CCOC(OCC)P(=O)(OCC)[C@H](CC(C)C)NC(=O)[C@@H](NC(=O)[C@H](Cc1ccccc1)NC(=O)OC(C)(C)C)C(C)C. The summed E-state index contributed by atoms with van der Waals surface area (Å²) in [6.45, 7) is 18.5. The van der Waals surface area contributed by atoms with Crippen LogP contribution in [0.15, 0.2) is 30.3 Å². The molecule has 0 aliphatic rings. The third kappa shape index (κ3) is 13.4. The van der Waals surface area contributed by atoms with Crippen molar-refractivity contribution in [3.63, 3.8) is 0 Å². The summed E-state index contributed by atoms with van der Waals surface area (Å²) >= 11 is 0. The zero-order valence-electron chi connectivity index (χ0n) is 27.6. The van der Waals surface area contributed by atoms with Crippen molar-refractivity contribution < 1.29 is 37.7 Å². The third-order valence-electron chi connectivity index (χ3n) is 6.22. The van der Waals surface area contributed by atoms with Crippen LogP contribution in [-0.4, -0.2) is 67.2 Å². The third-order valence-corrected chi connectivity index (χ3v) is 8.97. The summed E-state index contributed by atoms with van der Waals surface area (Å²) < 4.78 is 37.0. The lowest BCUT2D eigenvalue weighted by molar-refractivity contribution is -0.131. The molecule has 1 aromatic rings. The molecule has 1 unspecified atom stereocenters. The standard InChI is InChI=1S/C31H54N3O8P/c1-11-39-30(40-12-2)43(38,41-13-3)25(19-21(4)5)33-28(36)26(22(6)7)34-27(35)24(20-23-17-15-14-16-18-23)32-29(37)42-31(8,9)10/h14-18,21-22,24-26,30H,11-13,19-20H2,1-10H3,(H,32,37)(H,33,36)(H,34,35)/t24-,25+,26-,43?/m0/s1. The molecule has 11 nitrogen and oxygen atoms in total. The van der Waals surface area contributed by atoms with Crippen molar-refractivity contribution in [1.29, 1.82) is 0 Å². The van der Waals surface area contributed by atoms with Gasteiger partial charge in [0.05, 0.1) is 6.61 Å². The van der Waals surface area contributed by atoms with E-state index in [-0.39, 0.29) is 38.1 Å². The Morgan fingerprint density at radius 3 is 1.88 bits per heavy atom. The van der Waals surface area contributed by atoms with Crippen molar-refractivity contribution in [1.82, 2.24) is 16.0 Å². The van der Waals surface area contributed by atoms with Gasteiger partial charge in [-0.15, -0.1) is 0 Å². The van der Waals surface area contributed by atoms with Gasteiger partial charge in [-0.2, -0.15) is 0 Å². The van der Waals surface area contributed by atoms with Gasteiger partial charge in [-0.05, 0) is 65.4 Å². The number of rotatable bonds is 18. The highest BCUT2D eigenvalue weighted by molar-refractivity contribution is 7.60. The summed E-state index contributed by atoms with van der Waals surface area (Å²) in [5.74, 6) is -2.32. The van der Waals surface area contributed by atoms with Crippen LogP contribution in [0.4, 0.5) is 4.79 Å². The number of hydrogen-bond acceptors (Lipinski definition) is 8. The first-order valence-corrected chi connectivity index (χ1v) is 16.9. The summed E-state index contributed by atoms with van der Waals surface area (Å²) in [5.41, 5.74) is 0.0516. The van der Waals surface area contributed by atoms with Crippen LogP contribution in [0.1, 0.15) is 81.2 Å². The average molecular weight is 628 g/mol. The minimum absolute atomic E-state index is 0.0448. The minimum atomic E-state index is -3.75. The topological polar surface area (TPSA) is 141 Å². The monoisotopic (exact) mass is 627 g/mol. The second-order valence-corrected chi connectivity index (χ2v) is 14.6. The fourth-order valence-corrected chi connectivity index (χ4v) is 7.07. The van der Waals surface area contributed by atoms with E-state index in [4.69, 9.17) is 18.7 Å². The van der Waals surface area contributed by atoms with Crippen molar-refractivity contribution in [2.24, 2.45) is 11.8 Å². The predicted molar refractivity (Wildman–Crippen MR) is 168 cm³/mol. The largest absolute Gasteiger partial charge is 0.444 e. The molecule has 0 fully saturated rings. The first-order chi connectivity index (χ1) is 20.1. The zero-order chi connectivity index (χ0) is 32.8. The molecule has 0 spiro atoms. The number of nitrogens with one attached hydrogen (secondary N) is 3. The first-order valence-electron chi connectivity index (χ1n) is 15.2. The second kappa shape index (κ2) is 18.4. The molecule has 43 heavy (non-hydrogen) atoms. The molecular formula is C31H54N3O8P. The Bertz CT molecular complexity index is 1040. The Labute approximate surface area is 258 Å². The number of carbonyl (C=O) groups excluding carboxylic acids is 3. The number of benzene rings is 1. The molecular weight excluding hydrogens is 573 g/mol. The number of amides is 3. The van der Waals surface area contributed by atoms with Gasteiger partial charge in [0.15, 0.2) is 0 Å². The molecule has 0 bridgehead atoms. The lowest BCUT2D eigenvalue weighted by Gasteiger charge is -2.35. The van der Waals surface area contributed by atoms with Gasteiger partial charge >= 0.3 is 6.09 Å². The summed E-state index contributed by atoms with van der Waals surface area (Å²) in [6, 6.07) is 6.04. The van der Waals surface area contributed by atoms with Crippen molar-refractivity contribution in [2.45, 2.75) is 112 Å². The van der Waals surface area contributed by atoms with Crippen molar-refractivity contribution in [2.75, 3.05) is 19.8 Å². The number of carbonyl (C=O) groups is 3. The van der Waals surface area contributed by atoms with Crippen LogP contribution in [0.25, 0.3) is 0 Å². The van der Waals surface area contributed by atoms with Gasteiger partial charge in [0, 0.05) is 19.6 Å². The number of hydrogen-bond donors (Lipinski definition) is 3. The number of ether oxygens (including phenoxy) is 3. The van der Waals surface area contributed by atoms with Gasteiger partial charge in [0.1, 0.15) is 23.5 Å². The van der Waals surface area contributed by atoms with Crippen LogP contribution in [0.2, 0.25) is 0 Å². The van der Waals surface area contributed by atoms with Gasteiger partial charge in [-0.3, -0.25) is 14.2 Å². The van der Waals surface area contributed by atoms with E-state index in [0.29, 0.717) is 6.42 Å². The lowest BCUT2D eigenvalue weighted by Crippen LogP contribution is -2.57. The van der Waals surface area contributed by atoms with Gasteiger partial charge in [-0.25, -0.2) is 4.79 Å². The Kier molecular flexibility index (Phi) is 16.5. The van der Waals surface area contributed by atoms with Crippen LogP contribution in [0, 0.1) is 11.8 Å². The van der Waals surface area contributed by atoms with Gasteiger partial charge in [-0.1, -0.05) is 58.0 Å². The highest BCUT2D eigenvalue weighted by Crippen LogP contribution is 2.58. The van der Waals surface area contributed by atoms with Crippen LogP contribution in [0.3, 0.4) is 0 Å². The van der Waals surface area contributed by atoms with Crippen LogP contribution in [0.5, 0.6) is 0 Å². The average Bonchev–Trinajstić information content (AvgIpc) is 2.89. The van der Waals surface area contributed by atoms with E-state index < -0.39 is 54.8 Å². The summed E-state index contributed by atoms with van der Waals surface area (Å²) in [4.78, 5) is 40.1. The smallest absolute Gasteiger partial charge is 0.408 e. The molecule has 0 aliphatic heterocycles. The van der Waals surface area contributed by atoms with Crippen molar-refractivity contribution in [3.05, 3.63) is 35.9 Å². The fraction of sp³-hybridized carbons (Fsp3) is 0.710. The molecule has 0 aromatic heterocycles. The lowest BCUT2D eigenvalue weighted by atomic mass is 10.0. The Morgan fingerprint density at radius 2 is 1.42 bits per heavy atom. The maximum atomic E-state index is 14.4. The Hall–Kier alpha value is -2.46. The fourth-order valence-electron chi connectivity index (χ4n) is 4.33. The van der Waals surface area contributed by atoms with Crippen LogP contribution < -0.4 is 16.0 Å². The van der Waals surface area contributed by atoms with E-state index in [1.54, 1.807) is 55.4 Å². The molecule has 1 rings (SSSR count). The van der Waals surface area contributed by atoms with E-state index in [9.17, 15) is 18.9 Å². The van der Waals surface area contributed by atoms with E-state index in [1.807, 2.05) is 44.2 Å². The predicted octanol–water partition coefficient (Wildman–Crippen LogP) is 5.42. The molecule has 1 aromatic carbocycles. The van der Waals surface area contributed by atoms with Crippen molar-refractivity contribution in [3.8, 4) is 0 Å². The highest BCUT2D eigenvalue weighted by atomic mass is 31.2. The molecule has 12 heteroatoms. The van der Waals surface area contributed by atoms with E-state index >= 15 is 0 Å². The van der Waals surface area contributed by atoms with Crippen molar-refractivity contribution >= 4 is 25.3 Å². The summed E-state index contributed by atoms with van der Waals surface area (Å²) in [7, 11) is -3.75. The first kappa shape index (κ1) is 38.6. The second-order valence-electron chi connectivity index (χ2n) is 12.1. The summed E-state index contributed by atoms with van der Waals surface area (Å²) in [6.07, 6.45) is -0.241. The molecule has 3 amide bonds. The van der Waals surface area contributed by atoms with Gasteiger partial charge in [0.25, 0.3) is 7.37 Å². The van der Waals surface area contributed by atoms with E-state index in [1.165, 1.54) is 0 Å². The molecule has 0 saturated heterocycles. The summed E-state index contributed by atoms with van der Waals surface area (Å²) in [5, 5.41) is 8.37. The van der Waals surface area contributed by atoms with Crippen LogP contribution >= 0.6 is 7.37 Å². The molecule has 3 N–H and O–H groups in total. The molecule has 0 heterocycles. The molecule has 0 saturated carbocycles. The Morgan fingerprint density at radius 1 is 0.837 bits per heavy atom. The van der Waals surface area contributed by atoms with E-state index in [0.717, 1.165) is 5.56 Å². The maximum absolute atomic E-state index is 14.4. The quantitative estimate of drug-likeness (QED) is 0.145. The molecule has 4 atom stereocenters. The van der Waals surface area contributed by atoms with Gasteiger partial charge in [0.2, 0.25) is 17.8 Å². The number of alkyl carbamates (subject to hydrolysis) is 1. The van der Waals surface area contributed by atoms with Crippen LogP contribution in [-0.2, 0) is 39.3 Å². The zero-order valence-corrected chi connectivity index (χ0v) is 28.5. The minimum Gasteiger partial charge on any atom is -0.444 e. The Balaban J connectivity index is 3.33. The molecule has 0 aliphatic carbocycles.